The first-order valence-electron chi connectivity index (χ1n) is 7.95. The van der Waals surface area contributed by atoms with Crippen LogP contribution in [0.25, 0.3) is 0 Å². The van der Waals surface area contributed by atoms with E-state index in [1.54, 1.807) is 6.08 Å². The van der Waals surface area contributed by atoms with Crippen LogP contribution in [-0.4, -0.2) is 11.8 Å². The summed E-state index contributed by atoms with van der Waals surface area (Å²) >= 11 is 0. The fraction of sp³-hybridized carbons (Fsp3) is 0.200. The van der Waals surface area contributed by atoms with Crippen LogP contribution >= 0.6 is 0 Å². The Labute approximate surface area is 142 Å². The zero-order valence-corrected chi connectivity index (χ0v) is 13.6. The monoisotopic (exact) mass is 322 g/mol. The molecule has 0 spiro atoms. The van der Waals surface area contributed by atoms with Crippen molar-refractivity contribution in [2.45, 2.75) is 19.5 Å². The fourth-order valence-electron chi connectivity index (χ4n) is 2.32. The van der Waals surface area contributed by atoms with Crippen molar-refractivity contribution in [3.63, 3.8) is 0 Å². The normalized spacial score (nSPS) is 10.2. The molecule has 0 heterocycles. The summed E-state index contributed by atoms with van der Waals surface area (Å²) in [4.78, 5) is 24.7. The second kappa shape index (κ2) is 9.30. The predicted molar refractivity (Wildman–Crippen MR) is 94.9 cm³/mol. The zero-order chi connectivity index (χ0) is 17.2. The van der Waals surface area contributed by atoms with Gasteiger partial charge < -0.3 is 10.6 Å². The number of amides is 2. The molecule has 2 aromatic rings. The molecule has 0 aromatic heterocycles. The lowest BCUT2D eigenvalue weighted by Gasteiger charge is -2.15. The van der Waals surface area contributed by atoms with E-state index in [4.69, 9.17) is 0 Å². The topological polar surface area (TPSA) is 58.2 Å². The number of rotatable bonds is 8. The smallest absolute Gasteiger partial charge is 0.233 e. The van der Waals surface area contributed by atoms with Gasteiger partial charge in [0.1, 0.15) is 5.92 Å². The van der Waals surface area contributed by atoms with Crippen molar-refractivity contribution < 1.29 is 9.59 Å². The molecule has 2 N–H and O–H groups in total. The van der Waals surface area contributed by atoms with Crippen LogP contribution in [0.5, 0.6) is 0 Å². The van der Waals surface area contributed by atoms with Crippen LogP contribution in [-0.2, 0) is 22.7 Å². The van der Waals surface area contributed by atoms with E-state index in [1.165, 1.54) is 0 Å². The highest BCUT2D eigenvalue weighted by molar-refractivity contribution is 6.00. The largest absolute Gasteiger partial charge is 0.351 e. The van der Waals surface area contributed by atoms with E-state index in [0.29, 0.717) is 19.5 Å². The molecule has 0 radical (unpaired) electrons. The Kier molecular flexibility index (Phi) is 6.77. The molecule has 0 aliphatic carbocycles. The number of benzene rings is 2. The van der Waals surface area contributed by atoms with Gasteiger partial charge in [0.15, 0.2) is 0 Å². The van der Waals surface area contributed by atoms with Gasteiger partial charge in [0.25, 0.3) is 0 Å². The first-order valence-corrected chi connectivity index (χ1v) is 7.95. The molecule has 2 rings (SSSR count). The minimum Gasteiger partial charge on any atom is -0.351 e. The van der Waals surface area contributed by atoms with Crippen molar-refractivity contribution >= 4 is 11.8 Å². The average molecular weight is 322 g/mol. The molecule has 0 unspecified atom stereocenters. The molecule has 0 aliphatic heterocycles. The molecule has 124 valence electrons. The number of hydrogen-bond donors (Lipinski definition) is 2. The van der Waals surface area contributed by atoms with Gasteiger partial charge in [-0.25, -0.2) is 0 Å². The molecule has 4 nitrogen and oxygen atoms in total. The molecule has 0 fully saturated rings. The quantitative estimate of drug-likeness (QED) is 0.580. The lowest BCUT2D eigenvalue weighted by atomic mass is 10.0. The Bertz CT molecular complexity index is 613. The van der Waals surface area contributed by atoms with Crippen molar-refractivity contribution in [2.75, 3.05) is 0 Å². The second-order valence-electron chi connectivity index (χ2n) is 5.48. The van der Waals surface area contributed by atoms with Gasteiger partial charge in [-0.1, -0.05) is 66.7 Å². The lowest BCUT2D eigenvalue weighted by Crippen LogP contribution is -2.40. The molecule has 0 atom stereocenters. The Hall–Kier alpha value is -2.88. The Morgan fingerprint density at radius 2 is 1.25 bits per heavy atom. The highest BCUT2D eigenvalue weighted by Crippen LogP contribution is 2.07. The molecule has 2 amide bonds. The maximum absolute atomic E-state index is 12.3. The van der Waals surface area contributed by atoms with Crippen LogP contribution in [0.3, 0.4) is 0 Å². The molecule has 0 saturated carbocycles. The molecule has 4 heteroatoms. The standard InChI is InChI=1S/C20H22N2O2/c1-2-9-18(19(23)21-14-16-10-5-3-6-11-16)20(24)22-15-17-12-7-4-8-13-17/h2-8,10-13,18H,1,9,14-15H2,(H,21,23)(H,22,24). The van der Waals surface area contributed by atoms with Crippen LogP contribution in [0.15, 0.2) is 73.3 Å². The first kappa shape index (κ1) is 17.5. The third-order valence-electron chi connectivity index (χ3n) is 3.65. The van der Waals surface area contributed by atoms with Crippen LogP contribution < -0.4 is 10.6 Å². The van der Waals surface area contributed by atoms with Crippen molar-refractivity contribution in [1.29, 1.82) is 0 Å². The summed E-state index contributed by atoms with van der Waals surface area (Å²) in [5.41, 5.74) is 1.99. The van der Waals surface area contributed by atoms with Crippen molar-refractivity contribution in [3.05, 3.63) is 84.4 Å². The number of carbonyl (C=O) groups excluding carboxylic acids is 2. The van der Waals surface area contributed by atoms with Gasteiger partial charge in [0.05, 0.1) is 0 Å². The average Bonchev–Trinajstić information content (AvgIpc) is 2.64. The summed E-state index contributed by atoms with van der Waals surface area (Å²) < 4.78 is 0. The summed E-state index contributed by atoms with van der Waals surface area (Å²) in [6, 6.07) is 19.2. The van der Waals surface area contributed by atoms with Crippen LogP contribution in [0, 0.1) is 5.92 Å². The van der Waals surface area contributed by atoms with Gasteiger partial charge in [-0.15, -0.1) is 6.58 Å². The summed E-state index contributed by atoms with van der Waals surface area (Å²) in [7, 11) is 0. The predicted octanol–water partition coefficient (Wildman–Crippen LogP) is 2.81. The Balaban J connectivity index is 1.90. The zero-order valence-electron chi connectivity index (χ0n) is 13.6. The molecule has 0 saturated heterocycles. The summed E-state index contributed by atoms with van der Waals surface area (Å²) in [6.45, 7) is 4.45. The van der Waals surface area contributed by atoms with Crippen LogP contribution in [0.4, 0.5) is 0 Å². The van der Waals surface area contributed by atoms with E-state index in [2.05, 4.69) is 17.2 Å². The van der Waals surface area contributed by atoms with Gasteiger partial charge in [-0.2, -0.15) is 0 Å². The van der Waals surface area contributed by atoms with E-state index in [1.807, 2.05) is 60.7 Å². The van der Waals surface area contributed by atoms with Gasteiger partial charge in [-0.3, -0.25) is 9.59 Å². The van der Waals surface area contributed by atoms with Gasteiger partial charge in [0.2, 0.25) is 11.8 Å². The third-order valence-corrected chi connectivity index (χ3v) is 3.65. The van der Waals surface area contributed by atoms with Crippen LogP contribution in [0.2, 0.25) is 0 Å². The summed E-state index contributed by atoms with van der Waals surface area (Å²) in [5, 5.41) is 5.63. The number of carbonyl (C=O) groups is 2. The van der Waals surface area contributed by atoms with Crippen molar-refractivity contribution in [1.82, 2.24) is 10.6 Å². The molecule has 2 aromatic carbocycles. The van der Waals surface area contributed by atoms with E-state index in [-0.39, 0.29) is 11.8 Å². The molecule has 24 heavy (non-hydrogen) atoms. The van der Waals surface area contributed by atoms with E-state index >= 15 is 0 Å². The van der Waals surface area contributed by atoms with Gasteiger partial charge in [0, 0.05) is 13.1 Å². The Morgan fingerprint density at radius 3 is 1.62 bits per heavy atom. The minimum atomic E-state index is -0.769. The maximum Gasteiger partial charge on any atom is 0.233 e. The SMILES string of the molecule is C=CCC(C(=O)NCc1ccccc1)C(=O)NCc1ccccc1. The first-order chi connectivity index (χ1) is 11.7. The number of allylic oxidation sites excluding steroid dienone is 1. The van der Waals surface area contributed by atoms with E-state index in [0.717, 1.165) is 11.1 Å². The highest BCUT2D eigenvalue weighted by atomic mass is 16.2. The minimum absolute atomic E-state index is 0.288. The third kappa shape index (κ3) is 5.39. The fourth-order valence-corrected chi connectivity index (χ4v) is 2.32. The number of nitrogens with one attached hydrogen (secondary N) is 2. The summed E-state index contributed by atoms with van der Waals surface area (Å²) in [5.74, 6) is -1.34. The second-order valence-corrected chi connectivity index (χ2v) is 5.48. The molecular weight excluding hydrogens is 300 g/mol. The van der Waals surface area contributed by atoms with Gasteiger partial charge >= 0.3 is 0 Å². The number of hydrogen-bond acceptors (Lipinski definition) is 2. The van der Waals surface area contributed by atoms with E-state index < -0.39 is 5.92 Å². The molecule has 0 aliphatic rings. The van der Waals surface area contributed by atoms with Crippen LogP contribution in [0.1, 0.15) is 17.5 Å². The maximum atomic E-state index is 12.3. The lowest BCUT2D eigenvalue weighted by molar-refractivity contribution is -0.135. The Morgan fingerprint density at radius 1 is 0.833 bits per heavy atom. The van der Waals surface area contributed by atoms with Crippen molar-refractivity contribution in [2.24, 2.45) is 5.92 Å². The molecule has 0 bridgehead atoms. The summed E-state index contributed by atoms with van der Waals surface area (Å²) in [6.07, 6.45) is 1.90. The highest BCUT2D eigenvalue weighted by Gasteiger charge is 2.24. The van der Waals surface area contributed by atoms with Crippen molar-refractivity contribution in [3.8, 4) is 0 Å². The molecular formula is C20H22N2O2. The van der Waals surface area contributed by atoms with Gasteiger partial charge in [-0.05, 0) is 17.5 Å². The van der Waals surface area contributed by atoms with E-state index in [9.17, 15) is 9.59 Å².